The van der Waals surface area contributed by atoms with Crippen molar-refractivity contribution < 1.29 is 14.7 Å². The van der Waals surface area contributed by atoms with E-state index in [0.717, 1.165) is 38.6 Å². The molecule has 18 heavy (non-hydrogen) atoms. The minimum absolute atomic E-state index is 0.0589. The molecule has 2 fully saturated rings. The second kappa shape index (κ2) is 5.99. The van der Waals surface area contributed by atoms with Crippen LogP contribution in [0.25, 0.3) is 0 Å². The Morgan fingerprint density at radius 2 is 2.06 bits per heavy atom. The van der Waals surface area contributed by atoms with Gasteiger partial charge in [0.15, 0.2) is 0 Å². The van der Waals surface area contributed by atoms with Gasteiger partial charge in [-0.25, -0.2) is 0 Å². The Labute approximate surface area is 105 Å². The van der Waals surface area contributed by atoms with Crippen LogP contribution in [-0.4, -0.2) is 35.7 Å². The Balaban J connectivity index is 1.88. The van der Waals surface area contributed by atoms with E-state index in [-0.39, 0.29) is 18.0 Å². The van der Waals surface area contributed by atoms with Gasteiger partial charge in [-0.15, -0.1) is 10.1 Å². The number of carbonyl (C=O) groups excluding carboxylic acids is 1. The number of nitrogens with zero attached hydrogens (tertiary/aromatic N) is 1. The average Bonchev–Trinajstić information content (AvgIpc) is 2.84. The number of amides is 1. The van der Waals surface area contributed by atoms with Crippen molar-refractivity contribution in [3.8, 4) is 0 Å². The lowest BCUT2D eigenvalue weighted by Gasteiger charge is -2.31. The molecule has 3 atom stereocenters. The molecule has 1 amide bonds. The Kier molecular flexibility index (Phi) is 4.35. The molecule has 1 aliphatic carbocycles. The van der Waals surface area contributed by atoms with E-state index in [1.165, 1.54) is 0 Å². The molecule has 1 aliphatic heterocycles. The molecule has 2 N–H and O–H groups in total. The average molecular weight is 257 g/mol. The van der Waals surface area contributed by atoms with Crippen LogP contribution >= 0.6 is 0 Å². The van der Waals surface area contributed by atoms with Crippen LogP contribution in [0.15, 0.2) is 0 Å². The lowest BCUT2D eigenvalue weighted by Crippen LogP contribution is -2.51. The highest BCUT2D eigenvalue weighted by atomic mass is 17.0. The largest absolute Gasteiger partial charge is 0.350 e. The fourth-order valence-corrected chi connectivity index (χ4v) is 2.69. The molecule has 0 spiro atoms. The van der Waals surface area contributed by atoms with Crippen LogP contribution in [0.3, 0.4) is 0 Å². The van der Waals surface area contributed by atoms with Crippen LogP contribution in [0.4, 0.5) is 0 Å². The third-order valence-electron chi connectivity index (χ3n) is 3.63. The first-order valence-electron chi connectivity index (χ1n) is 6.52. The zero-order chi connectivity index (χ0) is 13.0. The second-order valence-corrected chi connectivity index (χ2v) is 4.92. The number of hydrogen-bond donors (Lipinski definition) is 2. The van der Waals surface area contributed by atoms with Crippen LogP contribution in [0.2, 0.25) is 0 Å². The molecule has 7 nitrogen and oxygen atoms in total. The van der Waals surface area contributed by atoms with Gasteiger partial charge in [-0.3, -0.25) is 4.79 Å². The third-order valence-corrected chi connectivity index (χ3v) is 3.63. The summed E-state index contributed by atoms with van der Waals surface area (Å²) >= 11 is 0. The highest BCUT2D eigenvalue weighted by Crippen LogP contribution is 2.21. The van der Waals surface area contributed by atoms with Gasteiger partial charge in [0, 0.05) is 0 Å². The zero-order valence-electron chi connectivity index (χ0n) is 10.3. The van der Waals surface area contributed by atoms with E-state index in [0.29, 0.717) is 6.42 Å². The van der Waals surface area contributed by atoms with E-state index >= 15 is 0 Å². The van der Waals surface area contributed by atoms with Gasteiger partial charge in [0.2, 0.25) is 5.91 Å². The van der Waals surface area contributed by atoms with Gasteiger partial charge in [0.25, 0.3) is 5.09 Å². The van der Waals surface area contributed by atoms with Crippen molar-refractivity contribution >= 4 is 5.91 Å². The monoisotopic (exact) mass is 257 g/mol. The molecule has 0 aromatic carbocycles. The van der Waals surface area contributed by atoms with Gasteiger partial charge in [-0.1, -0.05) is 12.8 Å². The minimum atomic E-state index is -0.761. The van der Waals surface area contributed by atoms with Crippen molar-refractivity contribution in [3.63, 3.8) is 0 Å². The molecule has 0 bridgehead atoms. The lowest BCUT2D eigenvalue weighted by atomic mass is 9.92. The highest BCUT2D eigenvalue weighted by Gasteiger charge is 2.31. The van der Waals surface area contributed by atoms with E-state index in [9.17, 15) is 14.9 Å². The molecule has 0 unspecified atom stereocenters. The number of rotatable bonds is 4. The molecule has 102 valence electrons. The maximum absolute atomic E-state index is 11.9. The quantitative estimate of drug-likeness (QED) is 0.560. The summed E-state index contributed by atoms with van der Waals surface area (Å²) in [5.41, 5.74) is 0. The Morgan fingerprint density at radius 3 is 2.72 bits per heavy atom. The van der Waals surface area contributed by atoms with Crippen LogP contribution in [0.5, 0.6) is 0 Å². The summed E-state index contributed by atoms with van der Waals surface area (Å²) in [7, 11) is 0. The molecular formula is C11H19N3O4. The van der Waals surface area contributed by atoms with Crippen molar-refractivity contribution in [3.05, 3.63) is 10.1 Å². The van der Waals surface area contributed by atoms with E-state index in [2.05, 4.69) is 15.5 Å². The highest BCUT2D eigenvalue weighted by molar-refractivity contribution is 5.82. The van der Waals surface area contributed by atoms with Gasteiger partial charge in [0.1, 0.15) is 6.10 Å². The molecule has 1 saturated carbocycles. The number of hydrogen-bond acceptors (Lipinski definition) is 5. The van der Waals surface area contributed by atoms with Crippen molar-refractivity contribution in [1.82, 2.24) is 10.6 Å². The van der Waals surface area contributed by atoms with Crippen LogP contribution in [0.1, 0.15) is 38.5 Å². The normalized spacial score (nSPS) is 31.9. The van der Waals surface area contributed by atoms with E-state index in [4.69, 9.17) is 0 Å². The lowest BCUT2D eigenvalue weighted by molar-refractivity contribution is -0.770. The number of nitrogens with one attached hydrogen (secondary N) is 2. The molecule has 0 aromatic heterocycles. The summed E-state index contributed by atoms with van der Waals surface area (Å²) in [4.78, 5) is 27.0. The maximum Gasteiger partial charge on any atom is 0.294 e. The fraction of sp³-hybridized carbons (Fsp3) is 0.909. The Bertz CT molecular complexity index is 317. The first-order valence-corrected chi connectivity index (χ1v) is 6.52. The van der Waals surface area contributed by atoms with Gasteiger partial charge < -0.3 is 15.5 Å². The van der Waals surface area contributed by atoms with Gasteiger partial charge in [-0.05, 0) is 32.2 Å². The van der Waals surface area contributed by atoms with Crippen LogP contribution < -0.4 is 10.6 Å². The molecule has 0 radical (unpaired) electrons. The Hall–Kier alpha value is -1.37. The molecule has 1 heterocycles. The summed E-state index contributed by atoms with van der Waals surface area (Å²) < 4.78 is 0. The van der Waals surface area contributed by atoms with Crippen molar-refractivity contribution in [2.45, 2.75) is 56.7 Å². The Morgan fingerprint density at radius 1 is 1.28 bits per heavy atom. The van der Waals surface area contributed by atoms with E-state index in [1.807, 2.05) is 0 Å². The molecular weight excluding hydrogens is 238 g/mol. The fourth-order valence-electron chi connectivity index (χ4n) is 2.69. The van der Waals surface area contributed by atoms with Crippen molar-refractivity contribution in [2.75, 3.05) is 6.54 Å². The minimum Gasteiger partial charge on any atom is -0.350 e. The summed E-state index contributed by atoms with van der Waals surface area (Å²) in [5, 5.41) is 15.7. The standard InChI is InChI=1S/C11H19N3O4/c15-11(9-5-3-7-12-9)13-8-4-1-2-6-10(8)18-14(16)17/h8-10,12H,1-7H2,(H,13,15)/t8-,9+,10-/m1/s1. The van der Waals surface area contributed by atoms with Crippen LogP contribution in [0, 0.1) is 10.1 Å². The zero-order valence-corrected chi connectivity index (χ0v) is 10.3. The number of carbonyl (C=O) groups is 1. The summed E-state index contributed by atoms with van der Waals surface area (Å²) in [6.45, 7) is 0.859. The predicted octanol–water partition coefficient (Wildman–Crippen LogP) is 0.374. The van der Waals surface area contributed by atoms with Gasteiger partial charge in [0.05, 0.1) is 12.1 Å². The van der Waals surface area contributed by atoms with E-state index < -0.39 is 11.2 Å². The van der Waals surface area contributed by atoms with E-state index in [1.54, 1.807) is 0 Å². The summed E-state index contributed by atoms with van der Waals surface area (Å²) in [6, 6.07) is -0.387. The SMILES string of the molecule is O=C(N[C@@H]1CCCC[C@H]1O[N+](=O)[O-])[C@@H]1CCCN1. The molecule has 1 saturated heterocycles. The van der Waals surface area contributed by atoms with Crippen LogP contribution in [-0.2, 0) is 9.63 Å². The van der Waals surface area contributed by atoms with Crippen molar-refractivity contribution in [1.29, 1.82) is 0 Å². The second-order valence-electron chi connectivity index (χ2n) is 4.92. The van der Waals surface area contributed by atoms with Gasteiger partial charge >= 0.3 is 0 Å². The predicted molar refractivity (Wildman–Crippen MR) is 63.3 cm³/mol. The summed E-state index contributed by atoms with van der Waals surface area (Å²) in [6.07, 6.45) is 4.59. The first kappa shape index (κ1) is 13.1. The molecule has 2 rings (SSSR count). The van der Waals surface area contributed by atoms with Crippen molar-refractivity contribution in [2.24, 2.45) is 0 Å². The third kappa shape index (κ3) is 3.32. The summed E-state index contributed by atoms with van der Waals surface area (Å²) in [5.74, 6) is -0.0589. The maximum atomic E-state index is 11.9. The molecule has 0 aromatic rings. The smallest absolute Gasteiger partial charge is 0.294 e. The van der Waals surface area contributed by atoms with Gasteiger partial charge in [-0.2, -0.15) is 0 Å². The molecule has 2 aliphatic rings. The molecule has 7 heteroatoms. The topological polar surface area (TPSA) is 93.5 Å². The first-order chi connectivity index (χ1) is 8.66.